The molecule has 0 aliphatic carbocycles. The minimum atomic E-state index is -3.96. The fourth-order valence-corrected chi connectivity index (χ4v) is 3.15. The van der Waals surface area contributed by atoms with Crippen LogP contribution < -0.4 is 5.14 Å². The Morgan fingerprint density at radius 3 is 2.65 bits per heavy atom. The summed E-state index contributed by atoms with van der Waals surface area (Å²) < 4.78 is 43.7. The summed E-state index contributed by atoms with van der Waals surface area (Å²) in [6.45, 7) is 0.170. The van der Waals surface area contributed by atoms with Crippen molar-refractivity contribution in [1.82, 2.24) is 14.8 Å². The van der Waals surface area contributed by atoms with E-state index in [1.165, 1.54) is 18.2 Å². The smallest absolute Gasteiger partial charge is 0.271 e. The van der Waals surface area contributed by atoms with Gasteiger partial charge < -0.3 is 4.42 Å². The van der Waals surface area contributed by atoms with E-state index in [4.69, 9.17) is 9.56 Å². The fourth-order valence-electron chi connectivity index (χ4n) is 2.69. The molecule has 0 radical (unpaired) electrons. The normalized spacial score (nSPS) is 11.9. The molecule has 3 heterocycles. The summed E-state index contributed by atoms with van der Waals surface area (Å²) >= 11 is 0. The molecule has 0 unspecified atom stereocenters. The third-order valence-electron chi connectivity index (χ3n) is 3.88. The zero-order valence-electron chi connectivity index (χ0n) is 13.3. The van der Waals surface area contributed by atoms with Gasteiger partial charge in [0.1, 0.15) is 11.5 Å². The quantitative estimate of drug-likeness (QED) is 0.593. The minimum Gasteiger partial charge on any atom is -0.442 e. The van der Waals surface area contributed by atoms with Crippen molar-refractivity contribution in [2.45, 2.75) is 11.6 Å². The van der Waals surface area contributed by atoms with E-state index in [-0.39, 0.29) is 23.2 Å². The molecule has 3 aromatic heterocycles. The van der Waals surface area contributed by atoms with Gasteiger partial charge in [-0.3, -0.25) is 0 Å². The number of hydrogen-bond donors (Lipinski definition) is 1. The second-order valence-corrected chi connectivity index (χ2v) is 7.13. The third kappa shape index (κ3) is 2.87. The van der Waals surface area contributed by atoms with Crippen LogP contribution >= 0.6 is 0 Å². The summed E-state index contributed by atoms with van der Waals surface area (Å²) in [5.41, 5.74) is 1.39. The van der Waals surface area contributed by atoms with E-state index in [0.29, 0.717) is 22.3 Å². The molecule has 26 heavy (non-hydrogen) atoms. The van der Waals surface area contributed by atoms with Crippen LogP contribution in [0.2, 0.25) is 0 Å². The van der Waals surface area contributed by atoms with Gasteiger partial charge in [0.15, 0.2) is 11.4 Å². The molecule has 7 nitrogen and oxygen atoms in total. The number of fused-ring (bicyclic) bond motifs is 1. The lowest BCUT2D eigenvalue weighted by atomic mass is 10.2. The lowest BCUT2D eigenvalue weighted by molar-refractivity contribution is 0.460. The minimum absolute atomic E-state index is 0.170. The maximum atomic E-state index is 14.0. The maximum Gasteiger partial charge on any atom is 0.271 e. The molecule has 0 bridgehead atoms. The van der Waals surface area contributed by atoms with Crippen molar-refractivity contribution in [1.29, 1.82) is 0 Å². The molecule has 4 aromatic rings. The zero-order chi connectivity index (χ0) is 18.3. The Balaban J connectivity index is 1.84. The fraction of sp³-hybridized carbons (Fsp3) is 0.0588. The molecule has 4 rings (SSSR count). The standard InChI is InChI=1S/C17H13FN4O3S/c18-13-6-2-1-4-11(13)10-22-17-12(5-3-9-20-17)16(21-22)14-7-8-15(25-14)26(19,23)24/h1-9H,10H2,(H2,19,23,24). The van der Waals surface area contributed by atoms with Crippen LogP contribution in [0, 0.1) is 5.82 Å². The molecule has 0 fully saturated rings. The van der Waals surface area contributed by atoms with Gasteiger partial charge >= 0.3 is 0 Å². The first-order valence-electron chi connectivity index (χ1n) is 7.61. The number of furan rings is 1. The summed E-state index contributed by atoms with van der Waals surface area (Å²) in [5, 5.41) is 9.83. The average molecular weight is 372 g/mol. The van der Waals surface area contributed by atoms with E-state index < -0.39 is 10.0 Å². The first kappa shape index (κ1) is 16.4. The van der Waals surface area contributed by atoms with Gasteiger partial charge in [-0.05, 0) is 30.3 Å². The van der Waals surface area contributed by atoms with Crippen LogP contribution in [0.3, 0.4) is 0 Å². The Morgan fingerprint density at radius 2 is 1.92 bits per heavy atom. The highest BCUT2D eigenvalue weighted by Crippen LogP contribution is 2.29. The summed E-state index contributed by atoms with van der Waals surface area (Å²) in [6.07, 6.45) is 1.60. The molecule has 0 amide bonds. The van der Waals surface area contributed by atoms with Gasteiger partial charge in [-0.15, -0.1) is 0 Å². The number of halogens is 1. The molecule has 0 saturated heterocycles. The number of pyridine rings is 1. The van der Waals surface area contributed by atoms with Gasteiger partial charge in [-0.2, -0.15) is 5.10 Å². The molecule has 132 valence electrons. The Kier molecular flexibility index (Phi) is 3.82. The van der Waals surface area contributed by atoms with Crippen molar-refractivity contribution in [2.75, 3.05) is 0 Å². The van der Waals surface area contributed by atoms with Gasteiger partial charge in [0, 0.05) is 11.8 Å². The number of sulfonamides is 1. The predicted octanol–water partition coefficient (Wildman–Crippen LogP) is 2.53. The monoisotopic (exact) mass is 372 g/mol. The molecule has 0 saturated carbocycles. The Morgan fingerprint density at radius 1 is 1.12 bits per heavy atom. The van der Waals surface area contributed by atoms with Crippen molar-refractivity contribution in [3.63, 3.8) is 0 Å². The number of rotatable bonds is 4. The van der Waals surface area contributed by atoms with Crippen molar-refractivity contribution < 1.29 is 17.2 Å². The molecule has 1 aromatic carbocycles. The number of aromatic nitrogens is 3. The largest absolute Gasteiger partial charge is 0.442 e. The van der Waals surface area contributed by atoms with Crippen molar-refractivity contribution in [3.8, 4) is 11.5 Å². The molecule has 0 aliphatic heterocycles. The van der Waals surface area contributed by atoms with Crippen molar-refractivity contribution >= 4 is 21.1 Å². The number of hydrogen-bond acceptors (Lipinski definition) is 5. The molecular formula is C17H13FN4O3S. The highest BCUT2D eigenvalue weighted by atomic mass is 32.2. The summed E-state index contributed by atoms with van der Waals surface area (Å²) in [5.74, 6) is -0.109. The van der Waals surface area contributed by atoms with E-state index in [2.05, 4.69) is 10.1 Å². The Hall–Kier alpha value is -3.04. The number of nitrogens with zero attached hydrogens (tertiary/aromatic N) is 3. The number of nitrogens with two attached hydrogens (primary N) is 1. The van der Waals surface area contributed by atoms with E-state index in [0.717, 1.165) is 0 Å². The van der Waals surface area contributed by atoms with Crippen LogP contribution in [0.15, 0.2) is 64.2 Å². The second-order valence-electron chi connectivity index (χ2n) is 5.64. The van der Waals surface area contributed by atoms with Crippen LogP contribution in [0.5, 0.6) is 0 Å². The lowest BCUT2D eigenvalue weighted by Crippen LogP contribution is -2.10. The van der Waals surface area contributed by atoms with Gasteiger partial charge in [0.25, 0.3) is 10.0 Å². The van der Waals surface area contributed by atoms with Gasteiger partial charge in [-0.25, -0.2) is 27.6 Å². The van der Waals surface area contributed by atoms with E-state index in [1.54, 1.807) is 41.2 Å². The van der Waals surface area contributed by atoms with Crippen LogP contribution in [-0.2, 0) is 16.6 Å². The number of benzene rings is 1. The molecule has 0 aliphatic rings. The van der Waals surface area contributed by atoms with Gasteiger partial charge in [0.2, 0.25) is 5.09 Å². The zero-order valence-corrected chi connectivity index (χ0v) is 14.1. The predicted molar refractivity (Wildman–Crippen MR) is 92.1 cm³/mol. The SMILES string of the molecule is NS(=O)(=O)c1ccc(-c2nn(Cc3ccccc3F)c3ncccc23)o1. The van der Waals surface area contributed by atoms with Crippen LogP contribution in [0.4, 0.5) is 4.39 Å². The van der Waals surface area contributed by atoms with Gasteiger partial charge in [0.05, 0.1) is 11.9 Å². The molecular weight excluding hydrogens is 359 g/mol. The third-order valence-corrected chi connectivity index (χ3v) is 4.66. The van der Waals surface area contributed by atoms with E-state index in [9.17, 15) is 12.8 Å². The lowest BCUT2D eigenvalue weighted by Gasteiger charge is -2.04. The van der Waals surface area contributed by atoms with Crippen molar-refractivity contribution in [3.05, 3.63) is 66.1 Å². The van der Waals surface area contributed by atoms with Crippen LogP contribution in [0.1, 0.15) is 5.56 Å². The Labute approximate surface area is 147 Å². The number of primary sulfonamides is 1. The summed E-state index contributed by atoms with van der Waals surface area (Å²) in [7, 11) is -3.96. The van der Waals surface area contributed by atoms with Crippen LogP contribution in [-0.4, -0.2) is 23.2 Å². The first-order valence-corrected chi connectivity index (χ1v) is 9.16. The van der Waals surface area contributed by atoms with E-state index >= 15 is 0 Å². The Bertz CT molecular complexity index is 1210. The topological polar surface area (TPSA) is 104 Å². The molecule has 0 spiro atoms. The maximum absolute atomic E-state index is 14.0. The van der Waals surface area contributed by atoms with Crippen LogP contribution in [0.25, 0.3) is 22.5 Å². The second kappa shape index (κ2) is 6.04. The van der Waals surface area contributed by atoms with Crippen molar-refractivity contribution in [2.24, 2.45) is 5.14 Å². The highest BCUT2D eigenvalue weighted by molar-refractivity contribution is 7.89. The first-order chi connectivity index (χ1) is 12.4. The highest BCUT2D eigenvalue weighted by Gasteiger charge is 2.20. The van der Waals surface area contributed by atoms with Gasteiger partial charge in [-0.1, -0.05) is 18.2 Å². The molecule has 2 N–H and O–H groups in total. The molecule has 0 atom stereocenters. The van der Waals surface area contributed by atoms with E-state index in [1.807, 2.05) is 0 Å². The molecule has 9 heteroatoms. The summed E-state index contributed by atoms with van der Waals surface area (Å²) in [6, 6.07) is 12.6. The summed E-state index contributed by atoms with van der Waals surface area (Å²) in [4.78, 5) is 4.30. The average Bonchev–Trinajstić information content (AvgIpc) is 3.22.